The van der Waals surface area contributed by atoms with Gasteiger partial charge in [0.1, 0.15) is 18.9 Å². The first-order valence-electron chi connectivity index (χ1n) is 6.12. The molecular weight excluding hydrogens is 242 g/mol. The first-order valence-corrected chi connectivity index (χ1v) is 6.12. The van der Waals surface area contributed by atoms with E-state index >= 15 is 0 Å². The fourth-order valence-corrected chi connectivity index (χ4v) is 1.60. The predicted molar refractivity (Wildman–Crippen MR) is 70.3 cm³/mol. The topological polar surface area (TPSA) is 99.0 Å². The maximum Gasteiger partial charge on any atom is 0.239 e. The van der Waals surface area contributed by atoms with Gasteiger partial charge in [0.15, 0.2) is 0 Å². The van der Waals surface area contributed by atoms with Gasteiger partial charge in [0.25, 0.3) is 0 Å². The van der Waals surface area contributed by atoms with Crippen LogP contribution < -0.4 is 15.4 Å². The van der Waals surface area contributed by atoms with Crippen LogP contribution in [-0.4, -0.2) is 24.7 Å². The highest BCUT2D eigenvalue weighted by Gasteiger charge is 2.22. The summed E-state index contributed by atoms with van der Waals surface area (Å²) in [7, 11) is 0. The Balaban J connectivity index is 2.13. The molecule has 2 rings (SSSR count). The number of hydrogen-bond acceptors (Lipinski definition) is 6. The van der Waals surface area contributed by atoms with E-state index in [9.17, 15) is 0 Å². The van der Waals surface area contributed by atoms with Crippen molar-refractivity contribution in [1.82, 2.24) is 4.98 Å². The van der Waals surface area contributed by atoms with Crippen molar-refractivity contribution in [3.8, 4) is 18.0 Å². The highest BCUT2D eigenvalue weighted by molar-refractivity contribution is 5.55. The van der Waals surface area contributed by atoms with Gasteiger partial charge in [-0.2, -0.15) is 15.5 Å². The summed E-state index contributed by atoms with van der Waals surface area (Å²) in [4.78, 5) is 5.86. The third-order valence-electron chi connectivity index (χ3n) is 2.87. The van der Waals surface area contributed by atoms with Crippen LogP contribution in [0.15, 0.2) is 12.1 Å². The summed E-state index contributed by atoms with van der Waals surface area (Å²) in [5.74, 6) is 1.52. The van der Waals surface area contributed by atoms with Crippen molar-refractivity contribution in [2.24, 2.45) is 5.92 Å². The third kappa shape index (κ3) is 3.49. The first-order chi connectivity index (χ1) is 9.24. The Hall–Kier alpha value is -2.47. The van der Waals surface area contributed by atoms with Gasteiger partial charge in [0.05, 0.1) is 24.4 Å². The zero-order chi connectivity index (χ0) is 13.7. The van der Waals surface area contributed by atoms with Gasteiger partial charge in [-0.15, -0.1) is 0 Å². The number of nitrogens with zero attached hydrogens (tertiary/aromatic N) is 4. The molecule has 1 heterocycles. The number of aromatic nitrogens is 1. The molecular formula is C13H15N5O. The quantitative estimate of drug-likeness (QED) is 0.771. The molecule has 0 atom stereocenters. The molecule has 1 aromatic heterocycles. The molecule has 1 aliphatic carbocycles. The Bertz CT molecular complexity index is 511. The summed E-state index contributed by atoms with van der Waals surface area (Å²) in [6.45, 7) is 0.830. The van der Waals surface area contributed by atoms with Gasteiger partial charge in [-0.3, -0.25) is 0 Å². The summed E-state index contributed by atoms with van der Waals surface area (Å²) in [5, 5.41) is 17.5. The van der Waals surface area contributed by atoms with Gasteiger partial charge in [0, 0.05) is 0 Å². The van der Waals surface area contributed by atoms with Crippen molar-refractivity contribution >= 4 is 11.5 Å². The van der Waals surface area contributed by atoms with Crippen molar-refractivity contribution < 1.29 is 4.74 Å². The molecule has 0 unspecified atom stereocenters. The monoisotopic (exact) mass is 257 g/mol. The molecule has 0 saturated heterocycles. The molecule has 6 nitrogen and oxygen atoms in total. The number of pyridine rings is 1. The maximum atomic E-state index is 8.75. The predicted octanol–water partition coefficient (Wildman–Crippen LogP) is 1.31. The van der Waals surface area contributed by atoms with Crippen LogP contribution in [0.1, 0.15) is 12.8 Å². The highest BCUT2D eigenvalue weighted by atomic mass is 16.5. The Labute approximate surface area is 112 Å². The standard InChI is InChI=1S/C13H15N5O/c14-5-7-18(8-6-15)12-4-3-11(16)13(17-12)19-9-10-1-2-10/h3-4,10H,1-2,7-9,16H2. The Morgan fingerprint density at radius 1 is 1.32 bits per heavy atom. The lowest BCUT2D eigenvalue weighted by molar-refractivity contribution is 0.290. The number of anilines is 2. The minimum Gasteiger partial charge on any atom is -0.476 e. The largest absolute Gasteiger partial charge is 0.476 e. The summed E-state index contributed by atoms with van der Waals surface area (Å²) < 4.78 is 5.58. The minimum absolute atomic E-state index is 0.104. The number of rotatable bonds is 6. The second-order valence-corrected chi connectivity index (χ2v) is 4.49. The van der Waals surface area contributed by atoms with E-state index in [-0.39, 0.29) is 13.1 Å². The fraction of sp³-hybridized carbons (Fsp3) is 0.462. The van der Waals surface area contributed by atoms with Crippen molar-refractivity contribution in [3.05, 3.63) is 12.1 Å². The van der Waals surface area contributed by atoms with Gasteiger partial charge in [-0.05, 0) is 30.9 Å². The average molecular weight is 257 g/mol. The van der Waals surface area contributed by atoms with Crippen LogP contribution in [0.5, 0.6) is 5.88 Å². The molecule has 6 heteroatoms. The van der Waals surface area contributed by atoms with Crippen LogP contribution >= 0.6 is 0 Å². The highest BCUT2D eigenvalue weighted by Crippen LogP contribution is 2.31. The van der Waals surface area contributed by atoms with Crippen LogP contribution in [0.25, 0.3) is 0 Å². The van der Waals surface area contributed by atoms with E-state index in [1.165, 1.54) is 12.8 Å². The molecule has 1 saturated carbocycles. The van der Waals surface area contributed by atoms with Crippen molar-refractivity contribution in [2.45, 2.75) is 12.8 Å². The number of nitrogens with two attached hydrogens (primary N) is 1. The van der Waals surface area contributed by atoms with E-state index in [1.807, 2.05) is 12.1 Å². The van der Waals surface area contributed by atoms with E-state index in [0.29, 0.717) is 29.9 Å². The molecule has 0 spiro atoms. The summed E-state index contributed by atoms with van der Waals surface area (Å²) in [6.07, 6.45) is 2.38. The summed E-state index contributed by atoms with van der Waals surface area (Å²) >= 11 is 0. The average Bonchev–Trinajstić information content (AvgIpc) is 3.22. The molecule has 19 heavy (non-hydrogen) atoms. The van der Waals surface area contributed by atoms with Gasteiger partial charge in [-0.25, -0.2) is 0 Å². The molecule has 1 aromatic rings. The van der Waals surface area contributed by atoms with Crippen LogP contribution in [0, 0.1) is 28.6 Å². The molecule has 98 valence electrons. The van der Waals surface area contributed by atoms with Gasteiger partial charge in [-0.1, -0.05) is 0 Å². The van der Waals surface area contributed by atoms with E-state index in [2.05, 4.69) is 4.98 Å². The zero-order valence-electron chi connectivity index (χ0n) is 10.5. The SMILES string of the molecule is N#CCN(CC#N)c1ccc(N)c(OCC2CC2)n1. The van der Waals surface area contributed by atoms with Crippen molar-refractivity contribution in [3.63, 3.8) is 0 Å². The summed E-state index contributed by atoms with van der Waals surface area (Å²) in [6, 6.07) is 7.39. The second-order valence-electron chi connectivity index (χ2n) is 4.49. The first kappa shape index (κ1) is 13.0. The fourth-order valence-electron chi connectivity index (χ4n) is 1.60. The molecule has 0 aromatic carbocycles. The molecule has 2 N–H and O–H groups in total. The lowest BCUT2D eigenvalue weighted by atomic mass is 10.3. The third-order valence-corrected chi connectivity index (χ3v) is 2.87. The van der Waals surface area contributed by atoms with Crippen molar-refractivity contribution in [1.29, 1.82) is 10.5 Å². The van der Waals surface area contributed by atoms with Gasteiger partial charge >= 0.3 is 0 Å². The molecule has 0 radical (unpaired) electrons. The molecule has 0 amide bonds. The van der Waals surface area contributed by atoms with Gasteiger partial charge in [0.2, 0.25) is 5.88 Å². The van der Waals surface area contributed by atoms with Crippen LogP contribution in [0.2, 0.25) is 0 Å². The molecule has 1 aliphatic rings. The number of nitrogen functional groups attached to an aromatic ring is 1. The van der Waals surface area contributed by atoms with Crippen LogP contribution in [0.3, 0.4) is 0 Å². The van der Waals surface area contributed by atoms with Crippen LogP contribution in [0.4, 0.5) is 11.5 Å². The van der Waals surface area contributed by atoms with Crippen molar-refractivity contribution in [2.75, 3.05) is 30.3 Å². The Kier molecular flexibility index (Phi) is 4.04. The Morgan fingerprint density at radius 3 is 2.58 bits per heavy atom. The molecule has 0 bridgehead atoms. The van der Waals surface area contributed by atoms with Gasteiger partial charge < -0.3 is 15.4 Å². The lowest BCUT2D eigenvalue weighted by Gasteiger charge is -2.18. The molecule has 0 aliphatic heterocycles. The number of ether oxygens (including phenoxy) is 1. The smallest absolute Gasteiger partial charge is 0.239 e. The Morgan fingerprint density at radius 2 is 2.00 bits per heavy atom. The van der Waals surface area contributed by atoms with Crippen LogP contribution in [-0.2, 0) is 0 Å². The second kappa shape index (κ2) is 5.92. The lowest BCUT2D eigenvalue weighted by Crippen LogP contribution is -2.25. The normalized spacial score (nSPS) is 13.4. The van der Waals surface area contributed by atoms with E-state index in [0.717, 1.165) is 0 Å². The zero-order valence-corrected chi connectivity index (χ0v) is 10.5. The van der Waals surface area contributed by atoms with E-state index < -0.39 is 0 Å². The molecule has 1 fully saturated rings. The van der Waals surface area contributed by atoms with E-state index in [4.69, 9.17) is 21.0 Å². The minimum atomic E-state index is 0.104. The summed E-state index contributed by atoms with van der Waals surface area (Å²) in [5.41, 5.74) is 6.28. The number of hydrogen-bond donors (Lipinski definition) is 1. The maximum absolute atomic E-state index is 8.75. The number of nitriles is 2. The van der Waals surface area contributed by atoms with E-state index in [1.54, 1.807) is 17.0 Å².